The third-order valence-corrected chi connectivity index (χ3v) is 2.61. The first-order valence-corrected chi connectivity index (χ1v) is 4.88. The Bertz CT molecular complexity index is 119. The zero-order chi connectivity index (χ0) is 8.81. The van der Waals surface area contributed by atoms with Crippen LogP contribution in [0.4, 0.5) is 0 Å². The SMILES string of the molecule is CNCCN1CCCCC1CO. The number of nitrogens with zero attached hydrogens (tertiary/aromatic N) is 1. The Balaban J connectivity index is 2.26. The summed E-state index contributed by atoms with van der Waals surface area (Å²) in [6.45, 7) is 3.58. The summed E-state index contributed by atoms with van der Waals surface area (Å²) < 4.78 is 0. The van der Waals surface area contributed by atoms with Crippen molar-refractivity contribution < 1.29 is 5.11 Å². The molecule has 0 saturated carbocycles. The summed E-state index contributed by atoms with van der Waals surface area (Å²) in [6.07, 6.45) is 3.74. The van der Waals surface area contributed by atoms with Crippen molar-refractivity contribution >= 4 is 0 Å². The second kappa shape index (κ2) is 5.51. The molecule has 1 atom stereocenters. The van der Waals surface area contributed by atoms with Crippen LogP contribution in [0.1, 0.15) is 19.3 Å². The van der Waals surface area contributed by atoms with E-state index in [2.05, 4.69) is 10.2 Å². The van der Waals surface area contributed by atoms with Gasteiger partial charge in [0.05, 0.1) is 6.61 Å². The number of hydrogen-bond acceptors (Lipinski definition) is 3. The lowest BCUT2D eigenvalue weighted by Crippen LogP contribution is -2.44. The van der Waals surface area contributed by atoms with Gasteiger partial charge in [0.1, 0.15) is 0 Å². The molecule has 2 N–H and O–H groups in total. The standard InChI is InChI=1S/C9H20N2O/c1-10-5-7-11-6-3-2-4-9(11)8-12/h9-10,12H,2-8H2,1H3. The van der Waals surface area contributed by atoms with E-state index in [-0.39, 0.29) is 0 Å². The van der Waals surface area contributed by atoms with E-state index in [4.69, 9.17) is 5.11 Å². The molecule has 1 rings (SSSR count). The summed E-state index contributed by atoms with van der Waals surface area (Å²) in [6, 6.07) is 0.423. The van der Waals surface area contributed by atoms with E-state index in [0.717, 1.165) is 19.6 Å². The van der Waals surface area contributed by atoms with Gasteiger partial charge in [-0.05, 0) is 26.4 Å². The molecule has 1 aliphatic rings. The van der Waals surface area contributed by atoms with E-state index >= 15 is 0 Å². The molecule has 3 heteroatoms. The second-order valence-electron chi connectivity index (χ2n) is 3.47. The molecule has 0 aromatic heterocycles. The van der Waals surface area contributed by atoms with E-state index in [9.17, 15) is 0 Å². The lowest BCUT2D eigenvalue weighted by atomic mass is 10.0. The van der Waals surface area contributed by atoms with Gasteiger partial charge in [0.25, 0.3) is 0 Å². The van der Waals surface area contributed by atoms with Gasteiger partial charge in [-0.15, -0.1) is 0 Å². The Morgan fingerprint density at radius 2 is 2.33 bits per heavy atom. The quantitative estimate of drug-likeness (QED) is 0.629. The zero-order valence-corrected chi connectivity index (χ0v) is 7.92. The summed E-state index contributed by atoms with van der Waals surface area (Å²) >= 11 is 0. The minimum Gasteiger partial charge on any atom is -0.395 e. The van der Waals surface area contributed by atoms with Gasteiger partial charge in [0.15, 0.2) is 0 Å². The van der Waals surface area contributed by atoms with Crippen molar-refractivity contribution in [3.63, 3.8) is 0 Å². The van der Waals surface area contributed by atoms with Gasteiger partial charge in [0.2, 0.25) is 0 Å². The predicted octanol–water partition coefficient (Wildman–Crippen LogP) is 0.0526. The molecule has 72 valence electrons. The van der Waals surface area contributed by atoms with Gasteiger partial charge in [-0.2, -0.15) is 0 Å². The Morgan fingerprint density at radius 3 is 3.00 bits per heavy atom. The Hall–Kier alpha value is -0.120. The predicted molar refractivity (Wildman–Crippen MR) is 50.2 cm³/mol. The number of likely N-dealkylation sites (tertiary alicyclic amines) is 1. The Morgan fingerprint density at radius 1 is 1.50 bits per heavy atom. The third-order valence-electron chi connectivity index (χ3n) is 2.61. The monoisotopic (exact) mass is 172 g/mol. The van der Waals surface area contributed by atoms with Gasteiger partial charge in [-0.25, -0.2) is 0 Å². The first kappa shape index (κ1) is 9.96. The first-order valence-electron chi connectivity index (χ1n) is 4.88. The minimum absolute atomic E-state index is 0.323. The van der Waals surface area contributed by atoms with Crippen molar-refractivity contribution in [1.29, 1.82) is 0 Å². The lowest BCUT2D eigenvalue weighted by Gasteiger charge is -2.34. The molecule has 3 nitrogen and oxygen atoms in total. The van der Waals surface area contributed by atoms with E-state index in [0.29, 0.717) is 12.6 Å². The van der Waals surface area contributed by atoms with Crippen LogP contribution >= 0.6 is 0 Å². The fourth-order valence-electron chi connectivity index (χ4n) is 1.82. The molecular formula is C9H20N2O. The van der Waals surface area contributed by atoms with Gasteiger partial charge < -0.3 is 10.4 Å². The highest BCUT2D eigenvalue weighted by Gasteiger charge is 2.20. The van der Waals surface area contributed by atoms with E-state index in [1.165, 1.54) is 19.3 Å². The van der Waals surface area contributed by atoms with Crippen LogP contribution in [0.15, 0.2) is 0 Å². The molecule has 0 aromatic rings. The summed E-state index contributed by atoms with van der Waals surface area (Å²) in [5.41, 5.74) is 0. The Kier molecular flexibility index (Phi) is 4.58. The zero-order valence-electron chi connectivity index (χ0n) is 7.92. The number of aliphatic hydroxyl groups excluding tert-OH is 1. The van der Waals surface area contributed by atoms with Gasteiger partial charge in [0, 0.05) is 19.1 Å². The van der Waals surface area contributed by atoms with Crippen molar-refractivity contribution in [1.82, 2.24) is 10.2 Å². The molecule has 0 aromatic carbocycles. The highest BCUT2D eigenvalue weighted by molar-refractivity contribution is 4.76. The van der Waals surface area contributed by atoms with Crippen molar-refractivity contribution in [2.45, 2.75) is 25.3 Å². The molecule has 1 aliphatic heterocycles. The molecule has 1 unspecified atom stereocenters. The maximum absolute atomic E-state index is 9.10. The van der Waals surface area contributed by atoms with Crippen LogP contribution in [-0.2, 0) is 0 Å². The molecule has 0 aliphatic carbocycles. The summed E-state index contributed by atoms with van der Waals surface area (Å²) in [4.78, 5) is 2.39. The van der Waals surface area contributed by atoms with Gasteiger partial charge in [-0.3, -0.25) is 4.90 Å². The number of aliphatic hydroxyl groups is 1. The topological polar surface area (TPSA) is 35.5 Å². The van der Waals surface area contributed by atoms with Crippen molar-refractivity contribution in [3.8, 4) is 0 Å². The maximum atomic E-state index is 9.10. The van der Waals surface area contributed by atoms with Crippen LogP contribution in [0.5, 0.6) is 0 Å². The fourth-order valence-corrected chi connectivity index (χ4v) is 1.82. The first-order chi connectivity index (χ1) is 5.88. The highest BCUT2D eigenvalue weighted by atomic mass is 16.3. The van der Waals surface area contributed by atoms with Crippen LogP contribution in [0, 0.1) is 0 Å². The number of piperidine rings is 1. The summed E-state index contributed by atoms with van der Waals surface area (Å²) in [5, 5.41) is 12.2. The molecule has 0 bridgehead atoms. The minimum atomic E-state index is 0.323. The lowest BCUT2D eigenvalue weighted by molar-refractivity contribution is 0.0915. The van der Waals surface area contributed by atoms with Gasteiger partial charge in [-0.1, -0.05) is 6.42 Å². The van der Waals surface area contributed by atoms with Crippen LogP contribution in [0.2, 0.25) is 0 Å². The second-order valence-corrected chi connectivity index (χ2v) is 3.47. The average molecular weight is 172 g/mol. The molecule has 12 heavy (non-hydrogen) atoms. The summed E-state index contributed by atoms with van der Waals surface area (Å²) in [5.74, 6) is 0. The average Bonchev–Trinajstić information content (AvgIpc) is 2.15. The van der Waals surface area contributed by atoms with Crippen LogP contribution in [-0.4, -0.2) is 49.3 Å². The maximum Gasteiger partial charge on any atom is 0.0586 e. The number of rotatable bonds is 4. The fraction of sp³-hybridized carbons (Fsp3) is 1.00. The number of likely N-dealkylation sites (N-methyl/N-ethyl adjacent to an activating group) is 1. The molecule has 1 fully saturated rings. The smallest absolute Gasteiger partial charge is 0.0586 e. The van der Waals surface area contributed by atoms with E-state index < -0.39 is 0 Å². The van der Waals surface area contributed by atoms with Crippen molar-refractivity contribution in [2.24, 2.45) is 0 Å². The molecule has 0 radical (unpaired) electrons. The molecular weight excluding hydrogens is 152 g/mol. The largest absolute Gasteiger partial charge is 0.395 e. The van der Waals surface area contributed by atoms with E-state index in [1.807, 2.05) is 7.05 Å². The molecule has 0 amide bonds. The number of nitrogens with one attached hydrogen (secondary N) is 1. The van der Waals surface area contributed by atoms with Crippen LogP contribution in [0.3, 0.4) is 0 Å². The van der Waals surface area contributed by atoms with E-state index in [1.54, 1.807) is 0 Å². The van der Waals surface area contributed by atoms with Gasteiger partial charge >= 0.3 is 0 Å². The third kappa shape index (κ3) is 2.73. The summed E-state index contributed by atoms with van der Waals surface area (Å²) in [7, 11) is 1.97. The highest BCUT2D eigenvalue weighted by Crippen LogP contribution is 2.15. The molecule has 1 saturated heterocycles. The van der Waals surface area contributed by atoms with Crippen molar-refractivity contribution in [2.75, 3.05) is 33.3 Å². The molecule has 1 heterocycles. The molecule has 0 spiro atoms. The van der Waals surface area contributed by atoms with Crippen LogP contribution < -0.4 is 5.32 Å². The normalized spacial score (nSPS) is 26.0. The van der Waals surface area contributed by atoms with Crippen molar-refractivity contribution in [3.05, 3.63) is 0 Å². The Labute approximate surface area is 74.8 Å². The number of hydrogen-bond donors (Lipinski definition) is 2. The van der Waals surface area contributed by atoms with Crippen LogP contribution in [0.25, 0.3) is 0 Å².